The summed E-state index contributed by atoms with van der Waals surface area (Å²) in [5.41, 5.74) is -1.26. The standard InChI is InChI=1S/C14H10O10S2/c15-13(16)8-5-9(14(17)18)7-10(6-8)26(22,23)24-11-3-1-2-4-12(11)25(19,20)21/h1-7H,(H,15,16)(H,17,18)(H,19,20,21). The molecule has 138 valence electrons. The van der Waals surface area contributed by atoms with E-state index in [1.807, 2.05) is 0 Å². The van der Waals surface area contributed by atoms with Crippen molar-refractivity contribution in [1.82, 2.24) is 0 Å². The fraction of sp³-hybridized carbons (Fsp3) is 0. The SMILES string of the molecule is O=C(O)c1cc(C(=O)O)cc(S(=O)(=O)Oc2ccccc2S(=O)(=O)O)c1. The van der Waals surface area contributed by atoms with Crippen LogP contribution in [0.25, 0.3) is 0 Å². The molecule has 0 amide bonds. The van der Waals surface area contributed by atoms with Crippen molar-refractivity contribution in [2.24, 2.45) is 0 Å². The molecule has 0 bridgehead atoms. The summed E-state index contributed by atoms with van der Waals surface area (Å²) in [5, 5.41) is 18.0. The van der Waals surface area contributed by atoms with Crippen LogP contribution in [0.5, 0.6) is 5.75 Å². The van der Waals surface area contributed by atoms with Gasteiger partial charge in [0.05, 0.1) is 11.1 Å². The Morgan fingerprint density at radius 3 is 1.81 bits per heavy atom. The zero-order valence-corrected chi connectivity index (χ0v) is 14.2. The summed E-state index contributed by atoms with van der Waals surface area (Å²) in [4.78, 5) is 20.5. The number of carboxylic acids is 2. The van der Waals surface area contributed by atoms with E-state index in [0.29, 0.717) is 12.1 Å². The zero-order chi connectivity index (χ0) is 19.7. The number of hydrogen-bond acceptors (Lipinski definition) is 7. The van der Waals surface area contributed by atoms with E-state index in [9.17, 15) is 26.4 Å². The molecular formula is C14H10O10S2. The third-order valence-electron chi connectivity index (χ3n) is 3.02. The Balaban J connectivity index is 2.60. The van der Waals surface area contributed by atoms with Crippen LogP contribution < -0.4 is 4.18 Å². The van der Waals surface area contributed by atoms with Crippen molar-refractivity contribution in [3.05, 3.63) is 53.6 Å². The van der Waals surface area contributed by atoms with Gasteiger partial charge in [-0.05, 0) is 30.3 Å². The third kappa shape index (κ3) is 4.17. The van der Waals surface area contributed by atoms with Gasteiger partial charge in [0.25, 0.3) is 10.1 Å². The Hall–Kier alpha value is -2.96. The first-order valence-corrected chi connectivity index (χ1v) is 9.39. The topological polar surface area (TPSA) is 172 Å². The molecule has 0 saturated heterocycles. The molecule has 0 unspecified atom stereocenters. The van der Waals surface area contributed by atoms with Crippen LogP contribution in [0.4, 0.5) is 0 Å². The second-order valence-electron chi connectivity index (χ2n) is 4.82. The van der Waals surface area contributed by atoms with Gasteiger partial charge in [-0.25, -0.2) is 9.59 Å². The van der Waals surface area contributed by atoms with Crippen molar-refractivity contribution in [2.75, 3.05) is 0 Å². The van der Waals surface area contributed by atoms with Gasteiger partial charge in [0.15, 0.2) is 5.75 Å². The molecule has 26 heavy (non-hydrogen) atoms. The van der Waals surface area contributed by atoms with Gasteiger partial charge in [-0.2, -0.15) is 16.8 Å². The summed E-state index contributed by atoms with van der Waals surface area (Å²) in [6.07, 6.45) is 0. The van der Waals surface area contributed by atoms with Gasteiger partial charge >= 0.3 is 22.1 Å². The highest BCUT2D eigenvalue weighted by Crippen LogP contribution is 2.27. The average Bonchev–Trinajstić information content (AvgIpc) is 2.53. The van der Waals surface area contributed by atoms with E-state index in [1.54, 1.807) is 0 Å². The molecule has 2 aromatic rings. The van der Waals surface area contributed by atoms with Crippen LogP contribution in [0, 0.1) is 0 Å². The average molecular weight is 402 g/mol. The highest BCUT2D eigenvalue weighted by Gasteiger charge is 2.25. The summed E-state index contributed by atoms with van der Waals surface area (Å²) < 4.78 is 61.0. The van der Waals surface area contributed by atoms with Crippen molar-refractivity contribution < 1.29 is 45.4 Å². The van der Waals surface area contributed by atoms with Crippen LogP contribution in [-0.4, -0.2) is 43.5 Å². The number of hydrogen-bond donors (Lipinski definition) is 3. The highest BCUT2D eigenvalue weighted by molar-refractivity contribution is 7.87. The first kappa shape index (κ1) is 19.4. The lowest BCUT2D eigenvalue weighted by molar-refractivity contribution is 0.0696. The number of carbonyl (C=O) groups is 2. The molecule has 0 aliphatic carbocycles. The fourth-order valence-electron chi connectivity index (χ4n) is 1.89. The van der Waals surface area contributed by atoms with E-state index >= 15 is 0 Å². The highest BCUT2D eigenvalue weighted by atomic mass is 32.2. The Morgan fingerprint density at radius 2 is 1.35 bits per heavy atom. The lowest BCUT2D eigenvalue weighted by Crippen LogP contribution is -2.14. The molecule has 10 nitrogen and oxygen atoms in total. The van der Waals surface area contributed by atoms with Gasteiger partial charge in [0.1, 0.15) is 9.79 Å². The van der Waals surface area contributed by atoms with E-state index in [-0.39, 0.29) is 0 Å². The predicted octanol–water partition coefficient (Wildman–Crippen LogP) is 1.10. The number of aromatic carboxylic acids is 2. The quantitative estimate of drug-likeness (QED) is 0.469. The molecule has 0 heterocycles. The molecular weight excluding hydrogens is 392 g/mol. The van der Waals surface area contributed by atoms with E-state index in [4.69, 9.17) is 14.8 Å². The Labute approximate surface area is 147 Å². The molecule has 2 rings (SSSR count). The fourth-order valence-corrected chi connectivity index (χ4v) is 3.58. The third-order valence-corrected chi connectivity index (χ3v) is 5.12. The van der Waals surface area contributed by atoms with Gasteiger partial charge in [-0.1, -0.05) is 12.1 Å². The molecule has 2 aromatic carbocycles. The molecule has 0 aromatic heterocycles. The van der Waals surface area contributed by atoms with Crippen LogP contribution in [0.1, 0.15) is 20.7 Å². The lowest BCUT2D eigenvalue weighted by Gasteiger charge is -2.11. The first-order chi connectivity index (χ1) is 11.9. The molecule has 3 N–H and O–H groups in total. The van der Waals surface area contributed by atoms with Crippen LogP contribution in [0.15, 0.2) is 52.3 Å². The number of para-hydroxylation sites is 1. The van der Waals surface area contributed by atoms with Gasteiger partial charge < -0.3 is 14.4 Å². The minimum Gasteiger partial charge on any atom is -0.478 e. The maximum Gasteiger partial charge on any atom is 0.339 e. The summed E-state index contributed by atoms with van der Waals surface area (Å²) in [6.45, 7) is 0. The molecule has 0 aliphatic heterocycles. The molecule has 12 heteroatoms. The van der Waals surface area contributed by atoms with Crippen molar-refractivity contribution in [3.63, 3.8) is 0 Å². The van der Waals surface area contributed by atoms with Crippen molar-refractivity contribution >= 4 is 32.2 Å². The van der Waals surface area contributed by atoms with Crippen molar-refractivity contribution in [2.45, 2.75) is 9.79 Å². The largest absolute Gasteiger partial charge is 0.478 e. The second-order valence-corrected chi connectivity index (χ2v) is 7.75. The number of rotatable bonds is 6. The molecule has 0 saturated carbocycles. The van der Waals surface area contributed by atoms with Crippen LogP contribution in [-0.2, 0) is 20.2 Å². The first-order valence-electron chi connectivity index (χ1n) is 6.54. The maximum atomic E-state index is 12.3. The summed E-state index contributed by atoms with van der Waals surface area (Å²) in [6, 6.07) is 6.32. The zero-order valence-electron chi connectivity index (χ0n) is 12.6. The summed E-state index contributed by atoms with van der Waals surface area (Å²) in [5.74, 6) is -3.90. The van der Waals surface area contributed by atoms with Crippen LogP contribution in [0.3, 0.4) is 0 Å². The number of carboxylic acid groups (broad SMARTS) is 2. The molecule has 0 atom stereocenters. The monoisotopic (exact) mass is 402 g/mol. The van der Waals surface area contributed by atoms with E-state index in [1.165, 1.54) is 12.1 Å². The molecule has 0 fully saturated rings. The second kappa shape index (κ2) is 6.74. The van der Waals surface area contributed by atoms with Crippen molar-refractivity contribution in [3.8, 4) is 5.75 Å². The summed E-state index contributed by atoms with van der Waals surface area (Å²) >= 11 is 0. The Kier molecular flexibility index (Phi) is 5.02. The van der Waals surface area contributed by atoms with Crippen LogP contribution >= 0.6 is 0 Å². The van der Waals surface area contributed by atoms with Gasteiger partial charge in [0, 0.05) is 0 Å². The molecule has 0 spiro atoms. The van der Waals surface area contributed by atoms with E-state index < -0.39 is 58.8 Å². The van der Waals surface area contributed by atoms with Crippen molar-refractivity contribution in [1.29, 1.82) is 0 Å². The predicted molar refractivity (Wildman–Crippen MR) is 84.4 cm³/mol. The molecule has 0 radical (unpaired) electrons. The van der Waals surface area contributed by atoms with E-state index in [0.717, 1.165) is 18.2 Å². The minimum absolute atomic E-state index is 0.630. The normalized spacial score (nSPS) is 11.7. The van der Waals surface area contributed by atoms with Gasteiger partial charge in [-0.15, -0.1) is 0 Å². The number of benzene rings is 2. The molecule has 0 aliphatic rings. The Morgan fingerprint density at radius 1 is 0.846 bits per heavy atom. The minimum atomic E-state index is -4.81. The van der Waals surface area contributed by atoms with Crippen LogP contribution in [0.2, 0.25) is 0 Å². The lowest BCUT2D eigenvalue weighted by atomic mass is 10.1. The summed E-state index contributed by atoms with van der Waals surface area (Å²) in [7, 11) is -9.62. The van der Waals surface area contributed by atoms with E-state index in [2.05, 4.69) is 4.18 Å². The van der Waals surface area contributed by atoms with Gasteiger partial charge in [-0.3, -0.25) is 4.55 Å². The smallest absolute Gasteiger partial charge is 0.339 e. The Bertz CT molecular complexity index is 1070. The van der Waals surface area contributed by atoms with Gasteiger partial charge in [0.2, 0.25) is 0 Å². The maximum absolute atomic E-state index is 12.3.